The Balaban J connectivity index is 1.39. The van der Waals surface area contributed by atoms with Crippen LogP contribution in [0.5, 0.6) is 0 Å². The molecule has 0 radical (unpaired) electrons. The van der Waals surface area contributed by atoms with E-state index < -0.39 is 0 Å². The molecular weight excluding hydrogens is 250 g/mol. The largest absolute Gasteiger partial charge is 0.373 e. The van der Waals surface area contributed by atoms with E-state index in [-0.39, 0.29) is 0 Å². The van der Waals surface area contributed by atoms with Crippen LogP contribution in [-0.2, 0) is 11.3 Å². The molecule has 2 bridgehead atoms. The van der Waals surface area contributed by atoms with Crippen LogP contribution >= 0.6 is 0 Å². The van der Waals surface area contributed by atoms with Crippen LogP contribution in [-0.4, -0.2) is 28.0 Å². The van der Waals surface area contributed by atoms with Crippen molar-refractivity contribution in [3.05, 3.63) is 48.3 Å². The van der Waals surface area contributed by atoms with Crippen molar-refractivity contribution in [2.24, 2.45) is 0 Å². The first kappa shape index (κ1) is 12.1. The Morgan fingerprint density at radius 3 is 2.90 bits per heavy atom. The predicted molar refractivity (Wildman–Crippen MR) is 76.7 cm³/mol. The van der Waals surface area contributed by atoms with Gasteiger partial charge in [-0.1, -0.05) is 18.2 Å². The first-order valence-electron chi connectivity index (χ1n) is 7.36. The van der Waals surface area contributed by atoms with Gasteiger partial charge in [-0.05, 0) is 31.4 Å². The Morgan fingerprint density at radius 2 is 2.15 bits per heavy atom. The molecule has 1 N–H and O–H groups in total. The quantitative estimate of drug-likeness (QED) is 0.925. The smallest absolute Gasteiger partial charge is 0.0733 e. The van der Waals surface area contributed by atoms with E-state index in [9.17, 15) is 0 Å². The minimum absolute atomic E-state index is 0.434. The summed E-state index contributed by atoms with van der Waals surface area (Å²) in [6, 6.07) is 10.7. The van der Waals surface area contributed by atoms with Gasteiger partial charge in [-0.25, -0.2) is 4.68 Å². The molecule has 2 fully saturated rings. The van der Waals surface area contributed by atoms with Gasteiger partial charge in [0.05, 0.1) is 24.1 Å². The Hall–Kier alpha value is -1.65. The number of ether oxygens (including phenoxy) is 1. The van der Waals surface area contributed by atoms with Crippen LogP contribution in [0, 0.1) is 0 Å². The van der Waals surface area contributed by atoms with Gasteiger partial charge in [0, 0.05) is 24.3 Å². The zero-order chi connectivity index (χ0) is 13.4. The summed E-state index contributed by atoms with van der Waals surface area (Å²) in [7, 11) is 0. The third-order valence-corrected chi connectivity index (χ3v) is 4.33. The summed E-state index contributed by atoms with van der Waals surface area (Å²) in [6.07, 6.45) is 8.59. The molecule has 0 spiro atoms. The van der Waals surface area contributed by atoms with E-state index in [2.05, 4.69) is 28.7 Å². The topological polar surface area (TPSA) is 39.1 Å². The molecule has 4 heteroatoms. The molecule has 4 rings (SSSR count). The molecule has 2 aliphatic rings. The number of rotatable bonds is 4. The maximum atomic E-state index is 5.86. The fraction of sp³-hybridized carbons (Fsp3) is 0.438. The van der Waals surface area contributed by atoms with E-state index in [0.29, 0.717) is 18.2 Å². The second-order valence-electron chi connectivity index (χ2n) is 5.73. The third kappa shape index (κ3) is 2.25. The van der Waals surface area contributed by atoms with Gasteiger partial charge in [0.1, 0.15) is 0 Å². The highest BCUT2D eigenvalue weighted by Crippen LogP contribution is 2.34. The summed E-state index contributed by atoms with van der Waals surface area (Å²) >= 11 is 0. The lowest BCUT2D eigenvalue weighted by Gasteiger charge is -2.19. The van der Waals surface area contributed by atoms with Crippen molar-refractivity contribution in [1.82, 2.24) is 15.1 Å². The number of aromatic nitrogens is 2. The maximum Gasteiger partial charge on any atom is 0.0733 e. The van der Waals surface area contributed by atoms with Gasteiger partial charge >= 0.3 is 0 Å². The first-order valence-corrected chi connectivity index (χ1v) is 7.36. The number of hydrogen-bond donors (Lipinski definition) is 1. The standard InChI is InChI=1S/C16H19N3O/c1-2-4-13(5-3-1)19-11-12(10-18-19)9-17-15-8-14-6-7-16(15)20-14/h1-5,10-11,14-17H,6-9H2. The third-order valence-electron chi connectivity index (χ3n) is 4.33. The summed E-state index contributed by atoms with van der Waals surface area (Å²) in [5.41, 5.74) is 2.32. The van der Waals surface area contributed by atoms with Crippen molar-refractivity contribution in [2.75, 3.05) is 0 Å². The average molecular weight is 269 g/mol. The highest BCUT2D eigenvalue weighted by Gasteiger charge is 2.40. The lowest BCUT2D eigenvalue weighted by Crippen LogP contribution is -2.36. The second-order valence-corrected chi connectivity index (χ2v) is 5.73. The van der Waals surface area contributed by atoms with Gasteiger partial charge in [-0.3, -0.25) is 0 Å². The summed E-state index contributed by atoms with van der Waals surface area (Å²) in [5, 5.41) is 8.04. The minimum atomic E-state index is 0.434. The molecule has 4 nitrogen and oxygen atoms in total. The van der Waals surface area contributed by atoms with Gasteiger partial charge < -0.3 is 10.1 Å². The summed E-state index contributed by atoms with van der Waals surface area (Å²) in [5.74, 6) is 0. The van der Waals surface area contributed by atoms with Crippen LogP contribution in [0.15, 0.2) is 42.7 Å². The number of nitrogens with zero attached hydrogens (tertiary/aromatic N) is 2. The van der Waals surface area contributed by atoms with E-state index in [4.69, 9.17) is 4.74 Å². The maximum absolute atomic E-state index is 5.86. The Labute approximate surface area is 118 Å². The number of fused-ring (bicyclic) bond motifs is 2. The Bertz CT molecular complexity index is 580. The molecule has 2 saturated heterocycles. The molecule has 2 aromatic rings. The molecule has 2 aliphatic heterocycles. The number of para-hydroxylation sites is 1. The van der Waals surface area contributed by atoms with E-state index in [1.54, 1.807) is 0 Å². The Kier molecular flexibility index (Phi) is 3.05. The van der Waals surface area contributed by atoms with Gasteiger partial charge in [0.15, 0.2) is 0 Å². The van der Waals surface area contributed by atoms with Gasteiger partial charge in [-0.15, -0.1) is 0 Å². The molecule has 3 unspecified atom stereocenters. The molecule has 0 saturated carbocycles. The summed E-state index contributed by atoms with van der Waals surface area (Å²) in [6.45, 7) is 0.865. The van der Waals surface area contributed by atoms with Crippen molar-refractivity contribution in [3.8, 4) is 5.69 Å². The molecule has 0 aliphatic carbocycles. The van der Waals surface area contributed by atoms with Crippen LogP contribution in [0.25, 0.3) is 5.69 Å². The number of benzene rings is 1. The molecular formula is C16H19N3O. The van der Waals surface area contributed by atoms with Crippen LogP contribution in [0.3, 0.4) is 0 Å². The van der Waals surface area contributed by atoms with Crippen molar-refractivity contribution < 1.29 is 4.74 Å². The molecule has 1 aromatic heterocycles. The van der Waals surface area contributed by atoms with Crippen molar-refractivity contribution in [3.63, 3.8) is 0 Å². The number of nitrogens with one attached hydrogen (secondary N) is 1. The second kappa shape index (κ2) is 5.04. The highest BCUT2D eigenvalue weighted by atomic mass is 16.5. The van der Waals surface area contributed by atoms with Crippen LogP contribution < -0.4 is 5.32 Å². The zero-order valence-corrected chi connectivity index (χ0v) is 11.4. The summed E-state index contributed by atoms with van der Waals surface area (Å²) in [4.78, 5) is 0. The van der Waals surface area contributed by atoms with Gasteiger partial charge in [-0.2, -0.15) is 5.10 Å². The zero-order valence-electron chi connectivity index (χ0n) is 11.4. The van der Waals surface area contributed by atoms with Crippen LogP contribution in [0.2, 0.25) is 0 Å². The normalized spacial score (nSPS) is 28.1. The lowest BCUT2D eigenvalue weighted by molar-refractivity contribution is 0.0973. The molecule has 20 heavy (non-hydrogen) atoms. The first-order chi connectivity index (χ1) is 9.88. The fourth-order valence-electron chi connectivity index (χ4n) is 3.27. The lowest BCUT2D eigenvalue weighted by atomic mass is 9.95. The van der Waals surface area contributed by atoms with E-state index in [1.165, 1.54) is 18.4 Å². The van der Waals surface area contributed by atoms with Crippen molar-refractivity contribution in [1.29, 1.82) is 0 Å². The van der Waals surface area contributed by atoms with Gasteiger partial charge in [0.25, 0.3) is 0 Å². The highest BCUT2D eigenvalue weighted by molar-refractivity contribution is 5.30. The molecule has 0 amide bonds. The van der Waals surface area contributed by atoms with Crippen molar-refractivity contribution >= 4 is 0 Å². The SMILES string of the molecule is c1ccc(-n2cc(CNC3CC4CCC3O4)cn2)cc1. The molecule has 3 heterocycles. The summed E-state index contributed by atoms with van der Waals surface area (Å²) < 4.78 is 7.79. The average Bonchev–Trinajstić information content (AvgIpc) is 3.22. The van der Waals surface area contributed by atoms with E-state index in [0.717, 1.165) is 18.7 Å². The molecule has 1 aromatic carbocycles. The predicted octanol–water partition coefficient (Wildman–Crippen LogP) is 2.28. The number of hydrogen-bond acceptors (Lipinski definition) is 3. The molecule has 3 atom stereocenters. The van der Waals surface area contributed by atoms with Crippen LogP contribution in [0.1, 0.15) is 24.8 Å². The Morgan fingerprint density at radius 1 is 1.25 bits per heavy atom. The van der Waals surface area contributed by atoms with Crippen LogP contribution in [0.4, 0.5) is 0 Å². The molecule has 104 valence electrons. The van der Waals surface area contributed by atoms with Gasteiger partial charge in [0.2, 0.25) is 0 Å². The van der Waals surface area contributed by atoms with E-state index in [1.807, 2.05) is 29.1 Å². The minimum Gasteiger partial charge on any atom is -0.373 e. The monoisotopic (exact) mass is 269 g/mol. The van der Waals surface area contributed by atoms with Crippen molar-refractivity contribution in [2.45, 2.75) is 44.1 Å². The van der Waals surface area contributed by atoms with E-state index >= 15 is 0 Å². The fourth-order valence-corrected chi connectivity index (χ4v) is 3.27.